The molecule has 0 aromatic rings. The van der Waals surface area contributed by atoms with Crippen LogP contribution in [0.3, 0.4) is 0 Å². The topological polar surface area (TPSA) is 122 Å². The van der Waals surface area contributed by atoms with Crippen LogP contribution in [-0.4, -0.2) is 93.5 Å². The molecule has 0 aromatic heterocycles. The highest BCUT2D eigenvalue weighted by molar-refractivity contribution is 5.82. The first-order chi connectivity index (χ1) is 12.2. The number of likely N-dealkylation sites (tertiary alicyclic amines) is 1. The van der Waals surface area contributed by atoms with Crippen molar-refractivity contribution in [1.29, 1.82) is 0 Å². The van der Waals surface area contributed by atoms with Crippen LogP contribution < -0.4 is 5.32 Å². The second kappa shape index (κ2) is 8.95. The van der Waals surface area contributed by atoms with Crippen molar-refractivity contribution in [3.63, 3.8) is 0 Å². The fourth-order valence-electron chi connectivity index (χ4n) is 4.15. The van der Waals surface area contributed by atoms with Crippen LogP contribution in [0.4, 0.5) is 0 Å². The number of hydrogen-bond acceptors (Lipinski definition) is 7. The molecule has 2 fully saturated rings. The van der Waals surface area contributed by atoms with E-state index >= 15 is 0 Å². The maximum Gasteiger partial charge on any atom is 0.237 e. The van der Waals surface area contributed by atoms with Gasteiger partial charge in [-0.1, -0.05) is 13.3 Å². The second-order valence-electron chi connectivity index (χ2n) is 7.90. The summed E-state index contributed by atoms with van der Waals surface area (Å²) in [6.45, 7) is 6.06. The Morgan fingerprint density at radius 1 is 1.27 bits per heavy atom. The Morgan fingerprint density at radius 3 is 2.50 bits per heavy atom. The molecule has 0 aromatic carbocycles. The van der Waals surface area contributed by atoms with Gasteiger partial charge in [0.1, 0.15) is 24.4 Å². The molecule has 0 radical (unpaired) electrons. The Labute approximate surface area is 155 Å². The van der Waals surface area contributed by atoms with E-state index in [1.165, 1.54) is 6.92 Å². The minimum absolute atomic E-state index is 0.221. The van der Waals surface area contributed by atoms with E-state index in [9.17, 15) is 25.2 Å². The van der Waals surface area contributed by atoms with Crippen molar-refractivity contribution in [3.05, 3.63) is 0 Å². The average Bonchev–Trinajstić information content (AvgIpc) is 2.95. The fourth-order valence-corrected chi connectivity index (χ4v) is 4.15. The smallest absolute Gasteiger partial charge is 0.237 e. The van der Waals surface area contributed by atoms with Gasteiger partial charge in [-0.2, -0.15) is 0 Å². The van der Waals surface area contributed by atoms with Gasteiger partial charge in [-0.25, -0.2) is 0 Å². The fraction of sp³-hybridized carbons (Fsp3) is 0.944. The molecule has 2 rings (SSSR count). The molecule has 2 heterocycles. The number of carbonyl (C=O) groups excluding carboxylic acids is 1. The van der Waals surface area contributed by atoms with E-state index in [0.717, 1.165) is 25.8 Å². The largest absolute Gasteiger partial charge is 0.391 e. The van der Waals surface area contributed by atoms with Crippen molar-refractivity contribution in [2.45, 2.75) is 88.7 Å². The first-order valence-electron chi connectivity index (χ1n) is 9.55. The Balaban J connectivity index is 2.07. The third-order valence-electron chi connectivity index (χ3n) is 5.71. The molecule has 5 N–H and O–H groups in total. The number of nitrogens with zero attached hydrogens (tertiary/aromatic N) is 1. The third kappa shape index (κ3) is 4.55. The lowest BCUT2D eigenvalue weighted by molar-refractivity contribution is -0.229. The summed E-state index contributed by atoms with van der Waals surface area (Å²) < 4.78 is 5.61. The zero-order valence-corrected chi connectivity index (χ0v) is 16.1. The Bertz CT molecular complexity index is 477. The molecule has 8 nitrogen and oxygen atoms in total. The lowest BCUT2D eigenvalue weighted by Crippen LogP contribution is -2.65. The molecule has 4 unspecified atom stereocenters. The highest BCUT2D eigenvalue weighted by Gasteiger charge is 2.47. The second-order valence-corrected chi connectivity index (χ2v) is 7.90. The zero-order valence-electron chi connectivity index (χ0n) is 16.1. The standard InChI is InChI=1S/C18H34N2O6/c1-5-6-11-7-12(20(4)8-11)18(25)19-13(9(2)21)17-16(24)15(23)14(22)10(3)26-17/h9-17,21-24H,5-8H2,1-4H3,(H,19,25)/t9-,10-,11?,12+,13-,14?,15?,16-,17?/m1/s1. The maximum absolute atomic E-state index is 12.8. The Morgan fingerprint density at radius 2 is 1.92 bits per heavy atom. The molecule has 0 bridgehead atoms. The normalized spacial score (nSPS) is 41.0. The molecule has 8 heteroatoms. The van der Waals surface area contributed by atoms with Crippen LogP contribution in [0.15, 0.2) is 0 Å². The van der Waals surface area contributed by atoms with Crippen molar-refractivity contribution in [2.75, 3.05) is 13.6 Å². The molecule has 9 atom stereocenters. The van der Waals surface area contributed by atoms with Gasteiger partial charge in [0.15, 0.2) is 0 Å². The van der Waals surface area contributed by atoms with E-state index in [0.29, 0.717) is 5.92 Å². The van der Waals surface area contributed by atoms with Gasteiger partial charge in [-0.3, -0.25) is 9.69 Å². The summed E-state index contributed by atoms with van der Waals surface area (Å²) in [5, 5.41) is 43.1. The monoisotopic (exact) mass is 374 g/mol. The van der Waals surface area contributed by atoms with Gasteiger partial charge in [0.05, 0.1) is 24.3 Å². The molecule has 2 aliphatic rings. The number of aliphatic hydroxyl groups excluding tert-OH is 4. The summed E-state index contributed by atoms with van der Waals surface area (Å²) in [5.74, 6) is 0.250. The summed E-state index contributed by atoms with van der Waals surface area (Å²) >= 11 is 0. The van der Waals surface area contributed by atoms with Crippen molar-refractivity contribution in [3.8, 4) is 0 Å². The summed E-state index contributed by atoms with van der Waals surface area (Å²) in [4.78, 5) is 14.8. The predicted octanol–water partition coefficient (Wildman–Crippen LogP) is -1.16. The number of amides is 1. The first kappa shape index (κ1) is 21.5. The van der Waals surface area contributed by atoms with Gasteiger partial charge in [-0.15, -0.1) is 0 Å². The number of rotatable bonds is 6. The number of ether oxygens (including phenoxy) is 1. The SMILES string of the molecule is CCCC1C[C@@H](C(=O)N[C@@H](C2O[C@H](C)C(O)C(O)[C@H]2O)[C@@H](C)O)N(C)C1. The summed E-state index contributed by atoms with van der Waals surface area (Å²) in [6.07, 6.45) is -3.85. The van der Waals surface area contributed by atoms with Crippen LogP contribution in [0.2, 0.25) is 0 Å². The summed E-state index contributed by atoms with van der Waals surface area (Å²) in [7, 11) is 1.91. The number of aliphatic hydroxyl groups is 4. The lowest BCUT2D eigenvalue weighted by Gasteiger charge is -2.43. The minimum atomic E-state index is -1.41. The molecule has 0 saturated carbocycles. The van der Waals surface area contributed by atoms with E-state index in [1.54, 1.807) is 6.92 Å². The highest BCUT2D eigenvalue weighted by Crippen LogP contribution is 2.27. The van der Waals surface area contributed by atoms with E-state index in [2.05, 4.69) is 12.2 Å². The number of nitrogens with one attached hydrogen (secondary N) is 1. The van der Waals surface area contributed by atoms with Crippen LogP contribution in [0.25, 0.3) is 0 Å². The molecule has 1 amide bonds. The van der Waals surface area contributed by atoms with Crippen LogP contribution in [0.1, 0.15) is 40.0 Å². The molecule has 26 heavy (non-hydrogen) atoms. The first-order valence-corrected chi connectivity index (χ1v) is 9.55. The Hall–Kier alpha value is -0.770. The van der Waals surface area contributed by atoms with Crippen molar-refractivity contribution in [2.24, 2.45) is 5.92 Å². The quantitative estimate of drug-likeness (QED) is 0.398. The van der Waals surface area contributed by atoms with E-state index < -0.39 is 42.7 Å². The predicted molar refractivity (Wildman–Crippen MR) is 95.4 cm³/mol. The summed E-state index contributed by atoms with van der Waals surface area (Å²) in [5.41, 5.74) is 0. The van der Waals surface area contributed by atoms with Crippen LogP contribution >= 0.6 is 0 Å². The maximum atomic E-state index is 12.8. The van der Waals surface area contributed by atoms with Gasteiger partial charge in [0.2, 0.25) is 5.91 Å². The van der Waals surface area contributed by atoms with E-state index in [4.69, 9.17) is 4.74 Å². The minimum Gasteiger partial charge on any atom is -0.391 e. The molecule has 152 valence electrons. The van der Waals surface area contributed by atoms with Crippen molar-refractivity contribution < 1.29 is 30.0 Å². The van der Waals surface area contributed by atoms with E-state index in [-0.39, 0.29) is 11.9 Å². The van der Waals surface area contributed by atoms with Crippen LogP contribution in [0.5, 0.6) is 0 Å². The van der Waals surface area contributed by atoms with Crippen molar-refractivity contribution >= 4 is 5.91 Å². The zero-order chi connectivity index (χ0) is 19.6. The van der Waals surface area contributed by atoms with Gasteiger partial charge >= 0.3 is 0 Å². The lowest BCUT2D eigenvalue weighted by atomic mass is 9.89. The van der Waals surface area contributed by atoms with E-state index in [1.807, 2.05) is 11.9 Å². The van der Waals surface area contributed by atoms with Gasteiger partial charge in [0.25, 0.3) is 0 Å². The van der Waals surface area contributed by atoms with Crippen LogP contribution in [-0.2, 0) is 9.53 Å². The molecule has 0 aliphatic carbocycles. The Kier molecular flexibility index (Phi) is 7.41. The number of carbonyl (C=O) groups is 1. The number of hydrogen-bond donors (Lipinski definition) is 5. The summed E-state index contributed by atoms with van der Waals surface area (Å²) in [6, 6.07) is -1.18. The molecule has 2 aliphatic heterocycles. The third-order valence-corrected chi connectivity index (χ3v) is 5.71. The van der Waals surface area contributed by atoms with Gasteiger partial charge in [-0.05, 0) is 39.7 Å². The van der Waals surface area contributed by atoms with Gasteiger partial charge in [0, 0.05) is 6.54 Å². The molecule has 2 saturated heterocycles. The van der Waals surface area contributed by atoms with Gasteiger partial charge < -0.3 is 30.5 Å². The van der Waals surface area contributed by atoms with Crippen molar-refractivity contribution in [1.82, 2.24) is 10.2 Å². The molecular formula is C18H34N2O6. The molecular weight excluding hydrogens is 340 g/mol. The highest BCUT2D eigenvalue weighted by atomic mass is 16.5. The molecule has 0 spiro atoms. The van der Waals surface area contributed by atoms with Crippen LogP contribution in [0, 0.1) is 5.92 Å². The average molecular weight is 374 g/mol. The number of likely N-dealkylation sites (N-methyl/N-ethyl adjacent to an activating group) is 1.